The van der Waals surface area contributed by atoms with Crippen molar-refractivity contribution in [1.29, 1.82) is 0 Å². The molecule has 0 atom stereocenters. The van der Waals surface area contributed by atoms with Crippen LogP contribution in [0.3, 0.4) is 0 Å². The topological polar surface area (TPSA) is 46.6 Å². The van der Waals surface area contributed by atoms with Crippen LogP contribution in [0.4, 0.5) is 10.1 Å². The maximum atomic E-state index is 14.0. The molecule has 1 aliphatic heterocycles. The third-order valence-electron chi connectivity index (χ3n) is 5.15. The van der Waals surface area contributed by atoms with E-state index in [2.05, 4.69) is 0 Å². The molecule has 0 amide bonds. The van der Waals surface area contributed by atoms with E-state index in [0.717, 1.165) is 17.5 Å². The van der Waals surface area contributed by atoms with E-state index in [0.29, 0.717) is 35.0 Å². The van der Waals surface area contributed by atoms with Crippen LogP contribution in [0.5, 0.6) is 5.75 Å². The lowest BCUT2D eigenvalue weighted by atomic mass is 10.0. The van der Waals surface area contributed by atoms with Crippen LogP contribution < -0.4 is 9.04 Å². The first-order chi connectivity index (χ1) is 14.4. The fourth-order valence-electron chi connectivity index (χ4n) is 3.61. The van der Waals surface area contributed by atoms with Crippen molar-refractivity contribution in [2.24, 2.45) is 0 Å². The van der Waals surface area contributed by atoms with Gasteiger partial charge in [-0.25, -0.2) is 12.8 Å². The summed E-state index contributed by atoms with van der Waals surface area (Å²) in [5.41, 5.74) is 2.72. The molecule has 0 aromatic heterocycles. The molecule has 1 heterocycles. The minimum absolute atomic E-state index is 0.00437. The van der Waals surface area contributed by atoms with Crippen LogP contribution in [-0.4, -0.2) is 15.0 Å². The maximum absolute atomic E-state index is 14.0. The number of benzene rings is 3. The predicted molar refractivity (Wildman–Crippen MR) is 116 cm³/mol. The molecule has 7 heteroatoms. The lowest BCUT2D eigenvalue weighted by Gasteiger charge is -2.31. The first-order valence-electron chi connectivity index (χ1n) is 9.64. The molecule has 1 aliphatic rings. The second-order valence-corrected chi connectivity index (χ2v) is 9.55. The summed E-state index contributed by atoms with van der Waals surface area (Å²) in [6, 6.07) is 16.7. The summed E-state index contributed by atoms with van der Waals surface area (Å²) in [5, 5.41) is 0.309. The third kappa shape index (κ3) is 4.02. The van der Waals surface area contributed by atoms with E-state index in [1.807, 2.05) is 19.1 Å². The summed E-state index contributed by atoms with van der Waals surface area (Å²) < 4.78 is 47.6. The molecular formula is C23H21ClFNO3S. The van der Waals surface area contributed by atoms with Gasteiger partial charge >= 0.3 is 0 Å². The summed E-state index contributed by atoms with van der Waals surface area (Å²) in [6.45, 7) is 2.29. The van der Waals surface area contributed by atoms with Crippen molar-refractivity contribution < 1.29 is 17.5 Å². The van der Waals surface area contributed by atoms with Crippen LogP contribution in [-0.2, 0) is 23.1 Å². The van der Waals surface area contributed by atoms with Gasteiger partial charge in [0.1, 0.15) is 18.2 Å². The van der Waals surface area contributed by atoms with Gasteiger partial charge in [0.2, 0.25) is 0 Å². The second kappa shape index (κ2) is 8.28. The number of fused-ring (bicyclic) bond motifs is 1. The number of rotatable bonds is 5. The number of aryl methyl sites for hydroxylation is 2. The van der Waals surface area contributed by atoms with Crippen molar-refractivity contribution in [3.63, 3.8) is 0 Å². The number of hydrogen-bond acceptors (Lipinski definition) is 3. The smallest absolute Gasteiger partial charge is 0.264 e. The molecule has 0 bridgehead atoms. The van der Waals surface area contributed by atoms with Crippen molar-refractivity contribution in [2.45, 2.75) is 31.3 Å². The minimum atomic E-state index is -3.65. The molecule has 0 aliphatic carbocycles. The molecule has 0 fully saturated rings. The van der Waals surface area contributed by atoms with Crippen LogP contribution >= 0.6 is 11.6 Å². The number of sulfonamides is 1. The molecule has 0 unspecified atom stereocenters. The van der Waals surface area contributed by atoms with Crippen molar-refractivity contribution in [3.8, 4) is 5.75 Å². The molecule has 30 heavy (non-hydrogen) atoms. The average molecular weight is 446 g/mol. The van der Waals surface area contributed by atoms with Gasteiger partial charge in [0, 0.05) is 12.1 Å². The third-order valence-corrected chi connectivity index (χ3v) is 7.31. The lowest BCUT2D eigenvalue weighted by Crippen LogP contribution is -2.35. The number of anilines is 1. The van der Waals surface area contributed by atoms with Gasteiger partial charge in [0.15, 0.2) is 0 Å². The molecular weight excluding hydrogens is 425 g/mol. The van der Waals surface area contributed by atoms with E-state index >= 15 is 0 Å². The molecule has 3 aromatic rings. The summed E-state index contributed by atoms with van der Waals surface area (Å²) >= 11 is 6.06. The Kier molecular flexibility index (Phi) is 5.71. The summed E-state index contributed by atoms with van der Waals surface area (Å²) in [4.78, 5) is 0.282. The van der Waals surface area contributed by atoms with E-state index in [9.17, 15) is 12.8 Å². The van der Waals surface area contributed by atoms with Crippen LogP contribution in [0.25, 0.3) is 0 Å². The van der Waals surface area contributed by atoms with Gasteiger partial charge in [-0.2, -0.15) is 0 Å². The molecule has 0 N–H and O–H groups in total. The van der Waals surface area contributed by atoms with Gasteiger partial charge in [-0.1, -0.05) is 29.8 Å². The highest BCUT2D eigenvalue weighted by molar-refractivity contribution is 7.92. The van der Waals surface area contributed by atoms with Gasteiger partial charge in [0.25, 0.3) is 10.0 Å². The van der Waals surface area contributed by atoms with Crippen molar-refractivity contribution in [3.05, 3.63) is 88.2 Å². The lowest BCUT2D eigenvalue weighted by molar-refractivity contribution is 0.299. The average Bonchev–Trinajstić information content (AvgIpc) is 2.72. The summed E-state index contributed by atoms with van der Waals surface area (Å²) in [6.07, 6.45) is 1.45. The Hall–Kier alpha value is -2.57. The van der Waals surface area contributed by atoms with Crippen LogP contribution in [0.2, 0.25) is 5.02 Å². The van der Waals surface area contributed by atoms with Gasteiger partial charge in [-0.05, 0) is 73.4 Å². The van der Waals surface area contributed by atoms with Gasteiger partial charge in [0.05, 0.1) is 15.6 Å². The largest absolute Gasteiger partial charge is 0.489 e. The number of halogens is 2. The first-order valence-corrected chi connectivity index (χ1v) is 11.5. The Balaban J connectivity index is 1.60. The molecule has 0 saturated carbocycles. The Labute approximate surface area is 180 Å². The Morgan fingerprint density at radius 2 is 1.90 bits per heavy atom. The Morgan fingerprint density at radius 1 is 1.10 bits per heavy atom. The number of nitrogens with zero attached hydrogens (tertiary/aromatic N) is 1. The normalized spacial score (nSPS) is 13.8. The summed E-state index contributed by atoms with van der Waals surface area (Å²) in [5.74, 6) is 0.124. The van der Waals surface area contributed by atoms with Gasteiger partial charge in [-0.3, -0.25) is 4.31 Å². The highest BCUT2D eigenvalue weighted by Crippen LogP contribution is 2.35. The van der Waals surface area contributed by atoms with Crippen LogP contribution in [0, 0.1) is 12.7 Å². The Morgan fingerprint density at radius 3 is 2.67 bits per heavy atom. The highest BCUT2D eigenvalue weighted by atomic mass is 35.5. The molecule has 0 radical (unpaired) electrons. The van der Waals surface area contributed by atoms with Crippen molar-refractivity contribution >= 4 is 27.3 Å². The minimum Gasteiger partial charge on any atom is -0.489 e. The zero-order valence-electron chi connectivity index (χ0n) is 16.4. The monoisotopic (exact) mass is 445 g/mol. The molecule has 0 saturated heterocycles. The van der Waals surface area contributed by atoms with Crippen LogP contribution in [0.15, 0.2) is 65.6 Å². The van der Waals surface area contributed by atoms with Gasteiger partial charge in [-0.15, -0.1) is 0 Å². The zero-order valence-corrected chi connectivity index (χ0v) is 18.0. The standard InChI is InChI=1S/C23H21ClFNO3S/c1-16-5-2-7-19(13-16)30(27,28)26-12-4-6-17-14-18(10-11-23(17)26)29-15-20-21(24)8-3-9-22(20)25/h2-3,5,7-11,13-14H,4,6,12,15H2,1H3. The van der Waals surface area contributed by atoms with Crippen molar-refractivity contribution in [1.82, 2.24) is 0 Å². The highest BCUT2D eigenvalue weighted by Gasteiger charge is 2.29. The van der Waals surface area contributed by atoms with E-state index in [1.165, 1.54) is 10.4 Å². The quantitative estimate of drug-likeness (QED) is 0.520. The predicted octanol–water partition coefficient (Wildman–Crippen LogP) is 5.51. The Bertz CT molecular complexity index is 1180. The van der Waals surface area contributed by atoms with E-state index < -0.39 is 15.8 Å². The SMILES string of the molecule is Cc1cccc(S(=O)(=O)N2CCCc3cc(OCc4c(F)cccc4Cl)ccc32)c1. The van der Waals surface area contributed by atoms with E-state index in [-0.39, 0.29) is 11.5 Å². The molecule has 3 aromatic carbocycles. The van der Waals surface area contributed by atoms with Crippen molar-refractivity contribution in [2.75, 3.05) is 10.8 Å². The second-order valence-electron chi connectivity index (χ2n) is 7.28. The maximum Gasteiger partial charge on any atom is 0.264 e. The number of hydrogen-bond donors (Lipinski definition) is 0. The molecule has 4 rings (SSSR count). The summed E-state index contributed by atoms with van der Waals surface area (Å²) in [7, 11) is -3.65. The molecule has 0 spiro atoms. The molecule has 156 valence electrons. The molecule has 4 nitrogen and oxygen atoms in total. The zero-order chi connectivity index (χ0) is 21.3. The fraction of sp³-hybridized carbons (Fsp3) is 0.217. The van der Waals surface area contributed by atoms with Gasteiger partial charge < -0.3 is 4.74 Å². The van der Waals surface area contributed by atoms with E-state index in [1.54, 1.807) is 42.5 Å². The van der Waals surface area contributed by atoms with Crippen LogP contribution in [0.1, 0.15) is 23.1 Å². The fourth-order valence-corrected chi connectivity index (χ4v) is 5.47. The number of ether oxygens (including phenoxy) is 1. The van der Waals surface area contributed by atoms with E-state index in [4.69, 9.17) is 16.3 Å². The first kappa shape index (κ1) is 20.7.